The number of nitrogens with one attached hydrogen (secondary N) is 3. The Hall–Kier alpha value is -2.23. The molecule has 1 aliphatic carbocycles. The molecule has 40 heavy (non-hydrogen) atoms. The van der Waals surface area contributed by atoms with Gasteiger partial charge in [-0.15, -0.1) is 0 Å². The third-order valence-corrected chi connectivity index (χ3v) is 10.2. The van der Waals surface area contributed by atoms with Crippen LogP contribution >= 0.6 is 23.2 Å². The molecule has 214 valence electrons. The maximum absolute atomic E-state index is 14.5. The first kappa shape index (κ1) is 27.9. The van der Waals surface area contributed by atoms with E-state index in [1.165, 1.54) is 0 Å². The van der Waals surface area contributed by atoms with Crippen molar-refractivity contribution in [1.29, 1.82) is 0 Å². The van der Waals surface area contributed by atoms with Crippen LogP contribution in [0.1, 0.15) is 69.4 Å². The Morgan fingerprint density at radius 1 is 1.12 bits per heavy atom. The Morgan fingerprint density at radius 3 is 2.58 bits per heavy atom. The Morgan fingerprint density at radius 2 is 1.90 bits per heavy atom. The SMILES string of the molecule is CC1(C)CCC2(CC1)N[C@@H](C(=O)N[C@@H]1CC[C@@H](CO)OC1)[C@H](c1cncc(Cl)c1)[C@]21C(=O)Nc2cc(Cl)ccc21. The molecule has 3 aliphatic heterocycles. The quantitative estimate of drug-likeness (QED) is 0.424. The molecule has 2 amide bonds. The molecule has 4 aliphatic rings. The van der Waals surface area contributed by atoms with Gasteiger partial charge in [0, 0.05) is 34.6 Å². The summed E-state index contributed by atoms with van der Waals surface area (Å²) in [7, 11) is 0. The van der Waals surface area contributed by atoms with Crippen molar-refractivity contribution < 1.29 is 19.4 Å². The van der Waals surface area contributed by atoms with E-state index in [4.69, 9.17) is 27.9 Å². The molecule has 3 fully saturated rings. The summed E-state index contributed by atoms with van der Waals surface area (Å²) in [6.07, 6.45) is 7.74. The van der Waals surface area contributed by atoms with Crippen molar-refractivity contribution >= 4 is 40.7 Å². The summed E-state index contributed by atoms with van der Waals surface area (Å²) in [6.45, 7) is 4.82. The van der Waals surface area contributed by atoms with Crippen molar-refractivity contribution in [2.45, 2.75) is 87.4 Å². The molecule has 4 heterocycles. The van der Waals surface area contributed by atoms with Gasteiger partial charge in [0.2, 0.25) is 11.8 Å². The molecule has 5 atom stereocenters. The van der Waals surface area contributed by atoms with Gasteiger partial charge in [-0.3, -0.25) is 19.9 Å². The predicted octanol–water partition coefficient (Wildman–Crippen LogP) is 4.33. The zero-order chi connectivity index (χ0) is 28.3. The first-order chi connectivity index (χ1) is 19.1. The van der Waals surface area contributed by atoms with E-state index in [0.717, 1.165) is 36.8 Å². The van der Waals surface area contributed by atoms with Crippen LogP contribution in [-0.2, 0) is 19.7 Å². The Kier molecular flexibility index (Phi) is 7.15. The van der Waals surface area contributed by atoms with Gasteiger partial charge < -0.3 is 20.5 Å². The highest BCUT2D eigenvalue weighted by Crippen LogP contribution is 2.63. The third-order valence-electron chi connectivity index (χ3n) is 9.74. The summed E-state index contributed by atoms with van der Waals surface area (Å²) >= 11 is 12.8. The largest absolute Gasteiger partial charge is 0.394 e. The molecule has 8 nitrogen and oxygen atoms in total. The van der Waals surface area contributed by atoms with E-state index in [1.54, 1.807) is 18.5 Å². The fraction of sp³-hybridized carbons (Fsp3) is 0.567. The van der Waals surface area contributed by atoms with Gasteiger partial charge in [-0.2, -0.15) is 0 Å². The van der Waals surface area contributed by atoms with Gasteiger partial charge in [0.05, 0.1) is 36.4 Å². The van der Waals surface area contributed by atoms with Crippen LogP contribution in [0.5, 0.6) is 0 Å². The predicted molar refractivity (Wildman–Crippen MR) is 154 cm³/mol. The number of fused-ring (bicyclic) bond motifs is 3. The van der Waals surface area contributed by atoms with Gasteiger partial charge in [0.25, 0.3) is 0 Å². The van der Waals surface area contributed by atoms with Crippen LogP contribution in [0.25, 0.3) is 0 Å². The second-order valence-corrected chi connectivity index (χ2v) is 13.5. The van der Waals surface area contributed by atoms with Crippen molar-refractivity contribution in [3.05, 3.63) is 57.8 Å². The van der Waals surface area contributed by atoms with E-state index < -0.39 is 22.9 Å². The summed E-state index contributed by atoms with van der Waals surface area (Å²) < 4.78 is 5.74. The number of pyridine rings is 1. The highest BCUT2D eigenvalue weighted by molar-refractivity contribution is 6.31. The van der Waals surface area contributed by atoms with E-state index in [-0.39, 0.29) is 36.0 Å². The number of nitrogens with zero attached hydrogens (tertiary/aromatic N) is 1. The summed E-state index contributed by atoms with van der Waals surface area (Å²) in [6, 6.07) is 6.47. The summed E-state index contributed by atoms with van der Waals surface area (Å²) in [5.41, 5.74) is 0.637. The number of benzene rings is 1. The maximum Gasteiger partial charge on any atom is 0.238 e. The lowest BCUT2D eigenvalue weighted by Crippen LogP contribution is -2.61. The van der Waals surface area contributed by atoms with Crippen molar-refractivity contribution in [2.24, 2.45) is 5.41 Å². The van der Waals surface area contributed by atoms with Gasteiger partial charge in [0.1, 0.15) is 5.41 Å². The van der Waals surface area contributed by atoms with Crippen molar-refractivity contribution in [1.82, 2.24) is 15.6 Å². The highest BCUT2D eigenvalue weighted by Gasteiger charge is 2.72. The topological polar surface area (TPSA) is 113 Å². The monoisotopic (exact) mass is 586 g/mol. The fourth-order valence-electron chi connectivity index (χ4n) is 7.64. The second kappa shape index (κ2) is 10.2. The third kappa shape index (κ3) is 4.43. The summed E-state index contributed by atoms with van der Waals surface area (Å²) in [4.78, 5) is 33.1. The van der Waals surface area contributed by atoms with E-state index in [9.17, 15) is 14.7 Å². The average Bonchev–Trinajstić information content (AvgIpc) is 3.39. The van der Waals surface area contributed by atoms with Crippen LogP contribution in [0, 0.1) is 5.41 Å². The van der Waals surface area contributed by atoms with E-state index >= 15 is 0 Å². The number of hydrogen-bond acceptors (Lipinski definition) is 6. The highest BCUT2D eigenvalue weighted by atomic mass is 35.5. The van der Waals surface area contributed by atoms with Gasteiger partial charge >= 0.3 is 0 Å². The number of amides is 2. The summed E-state index contributed by atoms with van der Waals surface area (Å²) in [5.74, 6) is -0.890. The first-order valence-electron chi connectivity index (χ1n) is 14.1. The van der Waals surface area contributed by atoms with Crippen molar-refractivity contribution in [3.63, 3.8) is 0 Å². The van der Waals surface area contributed by atoms with Crippen molar-refractivity contribution in [3.8, 4) is 0 Å². The number of aromatic nitrogens is 1. The minimum Gasteiger partial charge on any atom is -0.394 e. The van der Waals surface area contributed by atoms with E-state index in [2.05, 4.69) is 34.8 Å². The molecule has 0 unspecified atom stereocenters. The zero-order valence-electron chi connectivity index (χ0n) is 22.8. The number of hydrogen-bond donors (Lipinski definition) is 4. The molecular weight excluding hydrogens is 551 g/mol. The molecule has 1 aromatic heterocycles. The van der Waals surface area contributed by atoms with Crippen LogP contribution in [-0.4, -0.2) is 58.8 Å². The molecule has 0 bridgehead atoms. The fourth-order valence-corrected chi connectivity index (χ4v) is 7.99. The maximum atomic E-state index is 14.5. The number of carbonyl (C=O) groups is 2. The van der Waals surface area contributed by atoms with Gasteiger partial charge in [-0.05, 0) is 73.3 Å². The minimum absolute atomic E-state index is 0.0331. The Bertz CT molecular complexity index is 1320. The number of carbonyl (C=O) groups excluding carboxylic acids is 2. The summed E-state index contributed by atoms with van der Waals surface area (Å²) in [5, 5.41) is 20.5. The Labute approximate surface area is 244 Å². The first-order valence-corrected chi connectivity index (χ1v) is 14.9. The van der Waals surface area contributed by atoms with Gasteiger partial charge in [-0.25, -0.2) is 0 Å². The van der Waals surface area contributed by atoms with E-state index in [1.807, 2.05) is 18.2 Å². The molecule has 4 N–H and O–H groups in total. The minimum atomic E-state index is -1.08. The number of anilines is 1. The van der Waals surface area contributed by atoms with Crippen LogP contribution in [0.2, 0.25) is 10.0 Å². The molecule has 1 aromatic carbocycles. The van der Waals surface area contributed by atoms with E-state index in [0.29, 0.717) is 35.2 Å². The second-order valence-electron chi connectivity index (χ2n) is 12.7. The zero-order valence-corrected chi connectivity index (χ0v) is 24.3. The lowest BCUT2D eigenvalue weighted by Gasteiger charge is -2.50. The van der Waals surface area contributed by atoms with Crippen LogP contribution in [0.4, 0.5) is 5.69 Å². The molecule has 1 saturated carbocycles. The van der Waals surface area contributed by atoms with Crippen LogP contribution in [0.15, 0.2) is 36.7 Å². The molecular formula is C30H36Cl2N4O4. The number of halogens is 2. The van der Waals surface area contributed by atoms with Crippen molar-refractivity contribution in [2.75, 3.05) is 18.5 Å². The number of ether oxygens (including phenoxy) is 1. The van der Waals surface area contributed by atoms with Gasteiger partial charge in [-0.1, -0.05) is 43.1 Å². The smallest absolute Gasteiger partial charge is 0.238 e. The molecule has 6 rings (SSSR count). The standard InChI is InChI=1S/C30H36Cl2N4O4/c1-28(2)7-9-29(10-8-28)30(22-6-3-18(31)12-23(22)35-27(30)39)24(17-11-19(32)14-33-13-17)25(36-29)26(38)34-20-4-5-21(15-37)40-16-20/h3,6,11-14,20-21,24-25,36-37H,4-5,7-10,15-16H2,1-2H3,(H,34,38)(H,35,39)/t20-,21+,24+,25-,30-/m1/s1. The van der Waals surface area contributed by atoms with Crippen LogP contribution < -0.4 is 16.0 Å². The molecule has 2 aromatic rings. The lowest BCUT2D eigenvalue weighted by molar-refractivity contribution is -0.126. The average molecular weight is 588 g/mol. The molecule has 0 radical (unpaired) electrons. The number of aliphatic hydroxyl groups excluding tert-OH is 1. The van der Waals surface area contributed by atoms with Crippen LogP contribution in [0.3, 0.4) is 0 Å². The van der Waals surface area contributed by atoms with Gasteiger partial charge in [0.15, 0.2) is 0 Å². The molecule has 2 spiro atoms. The lowest BCUT2D eigenvalue weighted by atomic mass is 9.53. The number of rotatable bonds is 4. The molecule has 10 heteroatoms. The number of aliphatic hydroxyl groups is 1. The molecule has 2 saturated heterocycles. The Balaban J connectivity index is 1.48. The normalized spacial score (nSPS) is 32.2.